The van der Waals surface area contributed by atoms with Crippen molar-refractivity contribution < 1.29 is 23.8 Å². The lowest BCUT2D eigenvalue weighted by atomic mass is 10.1. The van der Waals surface area contributed by atoms with E-state index in [-0.39, 0.29) is 17.2 Å². The van der Waals surface area contributed by atoms with Gasteiger partial charge in [0.1, 0.15) is 5.70 Å². The molecule has 2 rings (SSSR count). The largest absolute Gasteiger partial charge is 0.481 e. The number of nitrogens with zero attached hydrogens (tertiary/aromatic N) is 1. The summed E-state index contributed by atoms with van der Waals surface area (Å²) in [7, 11) is 3.98. The number of hydrogen-bond donors (Lipinski definition) is 1. The van der Waals surface area contributed by atoms with Gasteiger partial charge in [0.25, 0.3) is 0 Å². The Morgan fingerprint density at radius 1 is 1.10 bits per heavy atom. The van der Waals surface area contributed by atoms with Crippen LogP contribution in [0, 0.1) is 0 Å². The summed E-state index contributed by atoms with van der Waals surface area (Å²) in [6, 6.07) is 4.96. The van der Waals surface area contributed by atoms with E-state index in [1.54, 1.807) is 18.2 Å². The Hall–Kier alpha value is -2.83. The molecular weight excluding hydrogens is 276 g/mol. The normalized spacial score (nSPS) is 12.9. The molecule has 0 unspecified atom stereocenters. The molecule has 0 aromatic heterocycles. The third kappa shape index (κ3) is 2.71. The van der Waals surface area contributed by atoms with Gasteiger partial charge in [-0.1, -0.05) is 6.07 Å². The molecule has 1 aliphatic rings. The van der Waals surface area contributed by atoms with Crippen LogP contribution in [0.1, 0.15) is 15.9 Å². The van der Waals surface area contributed by atoms with Crippen LogP contribution in [0.2, 0.25) is 0 Å². The number of anilines is 1. The summed E-state index contributed by atoms with van der Waals surface area (Å²) in [5.41, 5.74) is 1.26. The molecule has 0 radical (unpaired) electrons. The first-order valence-corrected chi connectivity index (χ1v) is 6.01. The monoisotopic (exact) mass is 290 g/mol. The second-order valence-electron chi connectivity index (χ2n) is 4.02. The first kappa shape index (κ1) is 14.6. The maximum absolute atomic E-state index is 11.9. The molecule has 1 N–H and O–H groups in total. The van der Waals surface area contributed by atoms with E-state index in [2.05, 4.69) is 15.0 Å². The Labute approximate surface area is 121 Å². The summed E-state index contributed by atoms with van der Waals surface area (Å²) in [4.78, 5) is 27.6. The van der Waals surface area contributed by atoms with Gasteiger partial charge in [-0.3, -0.25) is 0 Å². The van der Waals surface area contributed by atoms with Gasteiger partial charge in [0.2, 0.25) is 5.90 Å². The van der Waals surface area contributed by atoms with Crippen LogP contribution in [0.15, 0.2) is 35.1 Å². The summed E-state index contributed by atoms with van der Waals surface area (Å²) in [5.74, 6) is -0.884. The van der Waals surface area contributed by atoms with Crippen LogP contribution < -0.4 is 5.32 Å². The quantitative estimate of drug-likeness (QED) is 0.826. The number of fused-ring (bicyclic) bond motifs is 1. The number of esters is 2. The number of aliphatic imine (C=N–C) groups is 1. The SMILES string of the molecule is COC(=O)C1=CN=C(OC)c2cccc(C(=O)OC)c2N1. The molecule has 0 fully saturated rings. The smallest absolute Gasteiger partial charge is 0.356 e. The average molecular weight is 290 g/mol. The van der Waals surface area contributed by atoms with Crippen molar-refractivity contribution in [3.8, 4) is 0 Å². The zero-order valence-electron chi connectivity index (χ0n) is 11.8. The van der Waals surface area contributed by atoms with Crippen LogP contribution in [0.3, 0.4) is 0 Å². The summed E-state index contributed by atoms with van der Waals surface area (Å²) in [5, 5.41) is 2.85. The first-order chi connectivity index (χ1) is 10.1. The van der Waals surface area contributed by atoms with Crippen LogP contribution in [0.25, 0.3) is 0 Å². The summed E-state index contributed by atoms with van der Waals surface area (Å²) in [6.45, 7) is 0. The van der Waals surface area contributed by atoms with E-state index in [1.807, 2.05) is 0 Å². The van der Waals surface area contributed by atoms with Crippen molar-refractivity contribution in [1.82, 2.24) is 0 Å². The molecule has 7 heteroatoms. The standard InChI is InChI=1S/C14H14N2O5/c1-19-12-8-5-4-6-9(13(17)20-2)11(8)16-10(7-15-12)14(18)21-3/h4-7,16H,1-3H3. The van der Waals surface area contributed by atoms with E-state index in [9.17, 15) is 9.59 Å². The zero-order valence-corrected chi connectivity index (χ0v) is 11.8. The lowest BCUT2D eigenvalue weighted by Crippen LogP contribution is -2.16. The summed E-state index contributed by atoms with van der Waals surface area (Å²) < 4.78 is 14.6. The van der Waals surface area contributed by atoms with Crippen LogP contribution in [-0.4, -0.2) is 39.2 Å². The molecule has 0 saturated carbocycles. The topological polar surface area (TPSA) is 86.2 Å². The molecule has 0 atom stereocenters. The number of ether oxygens (including phenoxy) is 3. The van der Waals surface area contributed by atoms with Gasteiger partial charge in [-0.25, -0.2) is 14.6 Å². The van der Waals surface area contributed by atoms with Crippen molar-refractivity contribution in [2.24, 2.45) is 4.99 Å². The molecule has 0 saturated heterocycles. The Morgan fingerprint density at radius 3 is 2.43 bits per heavy atom. The maximum atomic E-state index is 11.9. The van der Waals surface area contributed by atoms with Crippen molar-refractivity contribution in [3.05, 3.63) is 41.2 Å². The highest BCUT2D eigenvalue weighted by molar-refractivity contribution is 6.09. The second kappa shape index (κ2) is 6.08. The van der Waals surface area contributed by atoms with E-state index in [0.29, 0.717) is 11.3 Å². The number of carbonyl (C=O) groups excluding carboxylic acids is 2. The van der Waals surface area contributed by atoms with Gasteiger partial charge in [0.15, 0.2) is 0 Å². The van der Waals surface area contributed by atoms with E-state index >= 15 is 0 Å². The minimum Gasteiger partial charge on any atom is -0.481 e. The van der Waals surface area contributed by atoms with Crippen molar-refractivity contribution in [2.75, 3.05) is 26.6 Å². The number of methoxy groups -OCH3 is 3. The van der Waals surface area contributed by atoms with E-state index in [1.165, 1.54) is 27.5 Å². The van der Waals surface area contributed by atoms with E-state index < -0.39 is 11.9 Å². The number of para-hydroxylation sites is 1. The Bertz CT molecular complexity index is 649. The van der Waals surface area contributed by atoms with E-state index in [0.717, 1.165) is 0 Å². The number of nitrogens with one attached hydrogen (secondary N) is 1. The van der Waals surface area contributed by atoms with Crippen molar-refractivity contribution >= 4 is 23.5 Å². The molecule has 7 nitrogen and oxygen atoms in total. The highest BCUT2D eigenvalue weighted by atomic mass is 16.5. The van der Waals surface area contributed by atoms with Gasteiger partial charge in [-0.15, -0.1) is 0 Å². The van der Waals surface area contributed by atoms with Gasteiger partial charge in [-0.05, 0) is 12.1 Å². The number of benzene rings is 1. The predicted molar refractivity (Wildman–Crippen MR) is 75.0 cm³/mol. The van der Waals surface area contributed by atoms with Gasteiger partial charge in [0, 0.05) is 0 Å². The van der Waals surface area contributed by atoms with Crippen LogP contribution in [0.5, 0.6) is 0 Å². The molecule has 0 bridgehead atoms. The number of rotatable bonds is 2. The van der Waals surface area contributed by atoms with Crippen LogP contribution in [0.4, 0.5) is 5.69 Å². The molecule has 1 aromatic rings. The summed E-state index contributed by atoms with van der Waals surface area (Å²) in [6.07, 6.45) is 1.28. The average Bonchev–Trinajstić information content (AvgIpc) is 2.72. The van der Waals surface area contributed by atoms with Gasteiger partial charge in [0.05, 0.1) is 44.3 Å². The van der Waals surface area contributed by atoms with Crippen molar-refractivity contribution in [1.29, 1.82) is 0 Å². The fourth-order valence-electron chi connectivity index (χ4n) is 1.88. The van der Waals surface area contributed by atoms with Crippen molar-refractivity contribution in [2.45, 2.75) is 0 Å². The minimum atomic E-state index is -0.610. The molecule has 0 spiro atoms. The zero-order chi connectivity index (χ0) is 15.4. The predicted octanol–water partition coefficient (Wildman–Crippen LogP) is 1.31. The van der Waals surface area contributed by atoms with Crippen molar-refractivity contribution in [3.63, 3.8) is 0 Å². The lowest BCUT2D eigenvalue weighted by molar-refractivity contribution is -0.135. The molecule has 1 aliphatic heterocycles. The van der Waals surface area contributed by atoms with Gasteiger partial charge < -0.3 is 19.5 Å². The fraction of sp³-hybridized carbons (Fsp3) is 0.214. The number of hydrogen-bond acceptors (Lipinski definition) is 7. The molecule has 1 heterocycles. The molecule has 21 heavy (non-hydrogen) atoms. The third-order valence-corrected chi connectivity index (χ3v) is 2.87. The van der Waals surface area contributed by atoms with E-state index in [4.69, 9.17) is 9.47 Å². The molecule has 0 aliphatic carbocycles. The molecule has 1 aromatic carbocycles. The minimum absolute atomic E-state index is 0.0853. The molecule has 110 valence electrons. The first-order valence-electron chi connectivity index (χ1n) is 6.01. The Morgan fingerprint density at radius 2 is 1.81 bits per heavy atom. The third-order valence-electron chi connectivity index (χ3n) is 2.87. The Balaban J connectivity index is 2.61. The maximum Gasteiger partial charge on any atom is 0.356 e. The van der Waals surface area contributed by atoms with Gasteiger partial charge in [-0.2, -0.15) is 0 Å². The Kier molecular flexibility index (Phi) is 4.22. The molecule has 0 amide bonds. The second-order valence-corrected chi connectivity index (χ2v) is 4.02. The fourth-order valence-corrected chi connectivity index (χ4v) is 1.88. The number of carbonyl (C=O) groups is 2. The molecular formula is C14H14N2O5. The van der Waals surface area contributed by atoms with Crippen LogP contribution >= 0.6 is 0 Å². The lowest BCUT2D eigenvalue weighted by Gasteiger charge is -2.14. The highest BCUT2D eigenvalue weighted by Crippen LogP contribution is 2.27. The van der Waals surface area contributed by atoms with Crippen LogP contribution in [-0.2, 0) is 19.0 Å². The highest BCUT2D eigenvalue weighted by Gasteiger charge is 2.24. The summed E-state index contributed by atoms with van der Waals surface area (Å²) >= 11 is 0. The van der Waals surface area contributed by atoms with Gasteiger partial charge >= 0.3 is 11.9 Å².